The van der Waals surface area contributed by atoms with E-state index in [1.54, 1.807) is 12.1 Å². The molecule has 0 unspecified atom stereocenters. The molecule has 2 aliphatic rings. The monoisotopic (exact) mass is 692 g/mol. The first-order valence-electron chi connectivity index (χ1n) is 18.1. The summed E-state index contributed by atoms with van der Waals surface area (Å²) in [6.45, 7) is 4.46. The highest BCUT2D eigenvalue weighted by Gasteiger charge is 2.24. The van der Waals surface area contributed by atoms with Gasteiger partial charge in [-0.3, -0.25) is 4.79 Å². The lowest BCUT2D eigenvalue weighted by atomic mass is 9.77. The van der Waals surface area contributed by atoms with Crippen LogP contribution < -0.4 is 0 Å². The molecule has 0 amide bonds. The summed E-state index contributed by atoms with van der Waals surface area (Å²) >= 11 is 0. The van der Waals surface area contributed by atoms with Gasteiger partial charge in [-0.05, 0) is 127 Å². The highest BCUT2D eigenvalue weighted by molar-refractivity contribution is 5.88. The van der Waals surface area contributed by atoms with E-state index in [4.69, 9.17) is 0 Å². The Kier molecular flexibility index (Phi) is 13.0. The molecule has 7 heteroatoms. The van der Waals surface area contributed by atoms with Crippen LogP contribution >= 0.6 is 0 Å². The van der Waals surface area contributed by atoms with E-state index < -0.39 is 40.5 Å². The minimum Gasteiger partial charge on any atom is -0.298 e. The highest BCUT2D eigenvalue weighted by Crippen LogP contribution is 2.40. The number of carbonyl (C=O) groups excluding carboxylic acids is 1. The standard InChI is InChI=1S/C22H23F3O.C21H23F3/c1-2-3-14-4-6-15(7-5-14)16-8-10-17(11-9-16)18-12-20(23)22(25)21(24)19(18)13-26;1-2-3-14-4-6-15(7-5-14)16-8-10-17(11-9-16)18-12-19(22)21(24)20(23)13-18/h8-15H,2-7H2,1H3;8-15H,2-7H2,1H3. The Balaban J connectivity index is 0.000000195. The molecule has 0 aromatic heterocycles. The van der Waals surface area contributed by atoms with Gasteiger partial charge in [0.25, 0.3) is 0 Å². The van der Waals surface area contributed by atoms with E-state index >= 15 is 0 Å². The maximum absolute atomic E-state index is 13.8. The molecule has 0 bridgehead atoms. The number of rotatable bonds is 9. The van der Waals surface area contributed by atoms with E-state index in [1.807, 2.05) is 36.4 Å². The van der Waals surface area contributed by atoms with Gasteiger partial charge in [0.1, 0.15) is 0 Å². The van der Waals surface area contributed by atoms with Crippen molar-refractivity contribution in [2.45, 2.75) is 103 Å². The first kappa shape index (κ1) is 37.4. The topological polar surface area (TPSA) is 17.1 Å². The lowest BCUT2D eigenvalue weighted by molar-refractivity contribution is 0.111. The molecule has 2 saturated carbocycles. The van der Waals surface area contributed by atoms with Crippen LogP contribution in [0.4, 0.5) is 26.3 Å². The summed E-state index contributed by atoms with van der Waals surface area (Å²) in [5, 5.41) is 0. The number of hydrogen-bond donors (Lipinski definition) is 0. The number of halogens is 6. The van der Waals surface area contributed by atoms with Crippen LogP contribution in [0.1, 0.15) is 124 Å². The van der Waals surface area contributed by atoms with E-state index in [0.717, 1.165) is 42.9 Å². The summed E-state index contributed by atoms with van der Waals surface area (Å²) in [6, 6.07) is 18.2. The molecule has 4 aromatic carbocycles. The molecule has 4 aromatic rings. The van der Waals surface area contributed by atoms with Crippen molar-refractivity contribution in [3.63, 3.8) is 0 Å². The molecule has 0 atom stereocenters. The summed E-state index contributed by atoms with van der Waals surface area (Å²) in [5.74, 6) is -5.28. The Labute approximate surface area is 292 Å². The molecule has 2 fully saturated rings. The molecule has 0 spiro atoms. The third-order valence-electron chi connectivity index (χ3n) is 10.8. The van der Waals surface area contributed by atoms with Gasteiger partial charge >= 0.3 is 0 Å². The zero-order chi connectivity index (χ0) is 35.8. The third kappa shape index (κ3) is 8.88. The van der Waals surface area contributed by atoms with Gasteiger partial charge in [0.05, 0.1) is 5.56 Å². The first-order chi connectivity index (χ1) is 24.1. The molecule has 6 rings (SSSR count). The maximum atomic E-state index is 13.8. The second-order valence-corrected chi connectivity index (χ2v) is 14.1. The van der Waals surface area contributed by atoms with Crippen molar-refractivity contribution < 1.29 is 31.1 Å². The largest absolute Gasteiger partial charge is 0.298 e. The van der Waals surface area contributed by atoms with Crippen molar-refractivity contribution in [1.82, 2.24) is 0 Å². The number of benzene rings is 4. The Morgan fingerprint density at radius 1 is 0.520 bits per heavy atom. The summed E-state index contributed by atoms with van der Waals surface area (Å²) in [5.41, 5.74) is 3.71. The van der Waals surface area contributed by atoms with E-state index in [0.29, 0.717) is 28.5 Å². The van der Waals surface area contributed by atoms with Crippen LogP contribution in [0.15, 0.2) is 66.7 Å². The molecule has 0 radical (unpaired) electrons. The number of aldehydes is 1. The highest BCUT2D eigenvalue weighted by atomic mass is 19.2. The molecule has 266 valence electrons. The van der Waals surface area contributed by atoms with Crippen LogP contribution in [0, 0.1) is 46.7 Å². The predicted octanol–water partition coefficient (Wildman–Crippen LogP) is 13.5. The van der Waals surface area contributed by atoms with Gasteiger partial charge in [-0.15, -0.1) is 0 Å². The Bertz CT molecular complexity index is 1690. The van der Waals surface area contributed by atoms with Gasteiger partial charge in [-0.2, -0.15) is 0 Å². The Morgan fingerprint density at radius 2 is 0.940 bits per heavy atom. The van der Waals surface area contributed by atoms with Crippen molar-refractivity contribution in [2.75, 3.05) is 0 Å². The van der Waals surface area contributed by atoms with Gasteiger partial charge in [-0.25, -0.2) is 26.3 Å². The smallest absolute Gasteiger partial charge is 0.195 e. The van der Waals surface area contributed by atoms with E-state index in [9.17, 15) is 31.1 Å². The fourth-order valence-electron chi connectivity index (χ4n) is 7.95. The number of hydrogen-bond acceptors (Lipinski definition) is 1. The van der Waals surface area contributed by atoms with Gasteiger partial charge < -0.3 is 0 Å². The normalized spacial score (nSPS) is 20.6. The zero-order valence-corrected chi connectivity index (χ0v) is 28.9. The van der Waals surface area contributed by atoms with Crippen molar-refractivity contribution in [1.29, 1.82) is 0 Å². The van der Waals surface area contributed by atoms with Crippen molar-refractivity contribution >= 4 is 6.29 Å². The van der Waals surface area contributed by atoms with Crippen LogP contribution in [0.25, 0.3) is 22.3 Å². The van der Waals surface area contributed by atoms with Crippen molar-refractivity contribution in [2.24, 2.45) is 11.8 Å². The minimum atomic E-state index is -1.61. The minimum absolute atomic E-state index is 0.0783. The summed E-state index contributed by atoms with van der Waals surface area (Å²) in [4.78, 5) is 11.2. The first-order valence-corrected chi connectivity index (χ1v) is 18.1. The quantitative estimate of drug-likeness (QED) is 0.0969. The van der Waals surface area contributed by atoms with Crippen molar-refractivity contribution in [3.8, 4) is 22.3 Å². The zero-order valence-electron chi connectivity index (χ0n) is 28.9. The lowest BCUT2D eigenvalue weighted by Crippen LogP contribution is -2.13. The Hall–Kier alpha value is -3.87. The molecule has 1 nitrogen and oxygen atoms in total. The van der Waals surface area contributed by atoms with Gasteiger partial charge in [-0.1, -0.05) is 88.1 Å². The van der Waals surface area contributed by atoms with E-state index in [-0.39, 0.29) is 11.8 Å². The average Bonchev–Trinajstić information content (AvgIpc) is 3.14. The van der Waals surface area contributed by atoms with E-state index in [2.05, 4.69) is 13.8 Å². The Morgan fingerprint density at radius 3 is 1.36 bits per heavy atom. The third-order valence-corrected chi connectivity index (χ3v) is 10.8. The molecule has 0 N–H and O–H groups in total. The second-order valence-electron chi connectivity index (χ2n) is 14.1. The summed E-state index contributed by atoms with van der Waals surface area (Å²) < 4.78 is 80.6. The molecule has 0 heterocycles. The SMILES string of the molecule is CCCC1CCC(c2ccc(-c3cc(F)c(F)c(F)c3)cc2)CC1.CCCC1CCC(c2ccc(-c3cc(F)c(F)c(F)c3C=O)cc2)CC1. The average molecular weight is 693 g/mol. The van der Waals surface area contributed by atoms with Gasteiger partial charge in [0, 0.05) is 0 Å². The molecule has 50 heavy (non-hydrogen) atoms. The molecular formula is C43H46F6O. The van der Waals surface area contributed by atoms with Crippen LogP contribution in [0.3, 0.4) is 0 Å². The molecule has 2 aliphatic carbocycles. The fourth-order valence-corrected chi connectivity index (χ4v) is 7.95. The van der Waals surface area contributed by atoms with Crippen LogP contribution in [0.5, 0.6) is 0 Å². The number of carbonyl (C=O) groups is 1. The maximum Gasteiger partial charge on any atom is 0.195 e. The summed E-state index contributed by atoms with van der Waals surface area (Å²) in [6.07, 6.45) is 15.1. The van der Waals surface area contributed by atoms with Crippen LogP contribution in [-0.2, 0) is 0 Å². The molecule has 0 saturated heterocycles. The second kappa shape index (κ2) is 17.4. The van der Waals surface area contributed by atoms with E-state index in [1.165, 1.54) is 75.3 Å². The lowest BCUT2D eigenvalue weighted by Gasteiger charge is -2.28. The van der Waals surface area contributed by atoms with Crippen molar-refractivity contribution in [3.05, 3.63) is 118 Å². The molecular weight excluding hydrogens is 646 g/mol. The van der Waals surface area contributed by atoms with Crippen LogP contribution in [-0.4, -0.2) is 6.29 Å². The molecule has 0 aliphatic heterocycles. The fraction of sp³-hybridized carbons (Fsp3) is 0.419. The van der Waals surface area contributed by atoms with Gasteiger partial charge in [0.15, 0.2) is 41.2 Å². The van der Waals surface area contributed by atoms with Gasteiger partial charge in [0.2, 0.25) is 0 Å². The van der Waals surface area contributed by atoms with Crippen LogP contribution in [0.2, 0.25) is 0 Å². The summed E-state index contributed by atoms with van der Waals surface area (Å²) in [7, 11) is 0. The predicted molar refractivity (Wildman–Crippen MR) is 188 cm³/mol.